The zero-order chi connectivity index (χ0) is 26.8. The van der Waals surface area contributed by atoms with Gasteiger partial charge in [0.05, 0.1) is 11.8 Å². The van der Waals surface area contributed by atoms with Gasteiger partial charge in [-0.2, -0.15) is 0 Å². The molecular weight excluding hydrogens is 464 g/mol. The van der Waals surface area contributed by atoms with E-state index >= 15 is 0 Å². The Hall–Kier alpha value is -3.93. The van der Waals surface area contributed by atoms with Crippen LogP contribution < -0.4 is 5.32 Å². The van der Waals surface area contributed by atoms with Crippen LogP contribution in [0.15, 0.2) is 83.9 Å². The standard InChI is InChI=1S/C31H34N2O4/c1-30(2,3)36-28(34)27(25(20-14-8-7-9-15-20)33-29(35)37-31(4,5)6)32-26-23-18-12-10-16-21(23)22-17-11-13-19-24(22)26/h7-19,25,27H,1-6H3,(H,33,35). The summed E-state index contributed by atoms with van der Waals surface area (Å²) < 4.78 is 11.4. The minimum Gasteiger partial charge on any atom is -0.458 e. The number of hydrogen-bond donors (Lipinski definition) is 1. The quantitative estimate of drug-likeness (QED) is 0.320. The molecule has 1 aliphatic carbocycles. The molecule has 0 spiro atoms. The molecule has 1 amide bonds. The van der Waals surface area contributed by atoms with Gasteiger partial charge in [-0.25, -0.2) is 9.59 Å². The van der Waals surface area contributed by atoms with Gasteiger partial charge in [0.1, 0.15) is 11.2 Å². The lowest BCUT2D eigenvalue weighted by Crippen LogP contribution is -2.44. The summed E-state index contributed by atoms with van der Waals surface area (Å²) in [6, 6.07) is 23.4. The summed E-state index contributed by atoms with van der Waals surface area (Å²) in [6.45, 7) is 10.8. The van der Waals surface area contributed by atoms with Crippen molar-refractivity contribution in [3.63, 3.8) is 0 Å². The van der Waals surface area contributed by atoms with Crippen LogP contribution in [0, 0.1) is 0 Å². The molecule has 0 saturated heterocycles. The largest absolute Gasteiger partial charge is 0.458 e. The lowest BCUT2D eigenvalue weighted by atomic mass is 9.98. The molecule has 6 heteroatoms. The van der Waals surface area contributed by atoms with Gasteiger partial charge in [-0.3, -0.25) is 4.99 Å². The SMILES string of the molecule is CC(C)(C)OC(=O)NC(c1ccccc1)C(N=C1c2ccccc2-c2ccccc21)C(=O)OC(C)(C)C. The van der Waals surface area contributed by atoms with Gasteiger partial charge < -0.3 is 14.8 Å². The lowest BCUT2D eigenvalue weighted by Gasteiger charge is -2.29. The molecule has 6 nitrogen and oxygen atoms in total. The Bertz CT molecular complexity index is 1270. The third-order valence-electron chi connectivity index (χ3n) is 5.72. The molecule has 0 fully saturated rings. The van der Waals surface area contributed by atoms with E-state index in [2.05, 4.69) is 5.32 Å². The Morgan fingerprint density at radius 1 is 0.676 bits per heavy atom. The third kappa shape index (κ3) is 6.26. The molecule has 37 heavy (non-hydrogen) atoms. The number of alkyl carbamates (subject to hydrolysis) is 1. The Labute approximate surface area is 218 Å². The molecule has 0 aromatic heterocycles. The molecule has 0 bridgehead atoms. The molecule has 0 aliphatic heterocycles. The number of fused-ring (bicyclic) bond motifs is 3. The van der Waals surface area contributed by atoms with Crippen molar-refractivity contribution in [1.82, 2.24) is 5.32 Å². The van der Waals surface area contributed by atoms with Crippen molar-refractivity contribution in [2.75, 3.05) is 0 Å². The van der Waals surface area contributed by atoms with Gasteiger partial charge in [-0.05, 0) is 58.2 Å². The molecule has 1 aliphatic rings. The van der Waals surface area contributed by atoms with Crippen LogP contribution in [0.25, 0.3) is 11.1 Å². The Morgan fingerprint density at radius 2 is 1.14 bits per heavy atom. The van der Waals surface area contributed by atoms with Crippen molar-refractivity contribution in [2.45, 2.75) is 64.8 Å². The highest BCUT2D eigenvalue weighted by Gasteiger charge is 2.37. The average Bonchev–Trinajstić information content (AvgIpc) is 3.13. The van der Waals surface area contributed by atoms with Gasteiger partial charge >= 0.3 is 12.1 Å². The van der Waals surface area contributed by atoms with Gasteiger partial charge in [-0.15, -0.1) is 0 Å². The summed E-state index contributed by atoms with van der Waals surface area (Å²) in [5, 5.41) is 2.91. The van der Waals surface area contributed by atoms with E-state index in [-0.39, 0.29) is 0 Å². The van der Waals surface area contributed by atoms with Gasteiger partial charge in [0.25, 0.3) is 0 Å². The van der Waals surface area contributed by atoms with Crippen LogP contribution in [0.5, 0.6) is 0 Å². The number of benzene rings is 3. The highest BCUT2D eigenvalue weighted by Crippen LogP contribution is 2.37. The first-order valence-corrected chi connectivity index (χ1v) is 12.5. The average molecular weight is 499 g/mol. The molecule has 1 N–H and O–H groups in total. The molecule has 3 aromatic carbocycles. The predicted molar refractivity (Wildman–Crippen MR) is 146 cm³/mol. The second-order valence-electron chi connectivity index (χ2n) is 11.1. The normalized spacial score (nSPS) is 14.2. The fourth-order valence-electron chi connectivity index (χ4n) is 4.34. The van der Waals surface area contributed by atoms with E-state index in [0.717, 1.165) is 22.3 Å². The minimum absolute atomic E-state index is 0.535. The highest BCUT2D eigenvalue weighted by atomic mass is 16.6. The number of aliphatic imine (C=N–C) groups is 1. The molecule has 2 atom stereocenters. The van der Waals surface area contributed by atoms with E-state index in [1.54, 1.807) is 20.8 Å². The van der Waals surface area contributed by atoms with Crippen LogP contribution in [-0.2, 0) is 14.3 Å². The van der Waals surface area contributed by atoms with Crippen LogP contribution in [0.4, 0.5) is 4.79 Å². The van der Waals surface area contributed by atoms with Crippen LogP contribution in [0.1, 0.15) is 64.3 Å². The number of hydrogen-bond acceptors (Lipinski definition) is 5. The Kier molecular flexibility index (Phi) is 7.21. The number of nitrogens with one attached hydrogen (secondary N) is 1. The fourth-order valence-corrected chi connectivity index (χ4v) is 4.34. The molecule has 0 saturated carbocycles. The Morgan fingerprint density at radius 3 is 1.62 bits per heavy atom. The van der Waals surface area contributed by atoms with E-state index < -0.39 is 35.3 Å². The number of nitrogens with zero attached hydrogens (tertiary/aromatic N) is 1. The molecule has 0 heterocycles. The van der Waals surface area contributed by atoms with Crippen molar-refractivity contribution in [2.24, 2.45) is 4.99 Å². The molecule has 2 unspecified atom stereocenters. The number of carbonyl (C=O) groups excluding carboxylic acids is 2. The predicted octanol–water partition coefficient (Wildman–Crippen LogP) is 6.48. The van der Waals surface area contributed by atoms with Gasteiger partial charge in [0.2, 0.25) is 0 Å². The zero-order valence-electron chi connectivity index (χ0n) is 22.2. The maximum atomic E-state index is 13.7. The topological polar surface area (TPSA) is 77.0 Å². The fraction of sp³-hybridized carbons (Fsp3) is 0.323. The van der Waals surface area contributed by atoms with E-state index in [4.69, 9.17) is 14.5 Å². The third-order valence-corrected chi connectivity index (χ3v) is 5.72. The number of amides is 1. The summed E-state index contributed by atoms with van der Waals surface area (Å²) in [4.78, 5) is 31.7. The second kappa shape index (κ2) is 10.2. The van der Waals surface area contributed by atoms with Crippen LogP contribution in [0.2, 0.25) is 0 Å². The smallest absolute Gasteiger partial charge is 0.408 e. The number of ether oxygens (including phenoxy) is 2. The summed E-state index contributed by atoms with van der Waals surface area (Å²) >= 11 is 0. The molecular formula is C31H34N2O4. The first-order chi connectivity index (χ1) is 17.4. The van der Waals surface area contributed by atoms with Crippen molar-refractivity contribution in [1.29, 1.82) is 0 Å². The van der Waals surface area contributed by atoms with E-state index in [1.165, 1.54) is 0 Å². The monoisotopic (exact) mass is 498 g/mol. The molecule has 3 aromatic rings. The summed E-state index contributed by atoms with van der Waals surface area (Å²) in [5.41, 5.74) is 3.92. The van der Waals surface area contributed by atoms with Crippen molar-refractivity contribution < 1.29 is 19.1 Å². The molecule has 4 rings (SSSR count). The summed E-state index contributed by atoms with van der Waals surface area (Å²) in [5.74, 6) is -0.535. The molecule has 192 valence electrons. The first kappa shape index (κ1) is 26.1. The maximum absolute atomic E-state index is 13.7. The van der Waals surface area contributed by atoms with Crippen LogP contribution >= 0.6 is 0 Å². The van der Waals surface area contributed by atoms with E-state index in [1.807, 2.05) is 99.6 Å². The van der Waals surface area contributed by atoms with Crippen molar-refractivity contribution in [3.05, 3.63) is 95.6 Å². The van der Waals surface area contributed by atoms with E-state index in [9.17, 15) is 9.59 Å². The Balaban J connectivity index is 1.87. The maximum Gasteiger partial charge on any atom is 0.408 e. The number of carbonyl (C=O) groups is 2. The summed E-state index contributed by atoms with van der Waals surface area (Å²) in [6.07, 6.45) is -0.637. The number of rotatable bonds is 5. The van der Waals surface area contributed by atoms with E-state index in [0.29, 0.717) is 11.3 Å². The highest BCUT2D eigenvalue weighted by molar-refractivity contribution is 6.24. The molecule has 0 radical (unpaired) electrons. The van der Waals surface area contributed by atoms with Gasteiger partial charge in [0, 0.05) is 11.1 Å². The number of esters is 1. The second-order valence-corrected chi connectivity index (χ2v) is 11.1. The summed E-state index contributed by atoms with van der Waals surface area (Å²) in [7, 11) is 0. The minimum atomic E-state index is -1.07. The van der Waals surface area contributed by atoms with Gasteiger partial charge in [0.15, 0.2) is 6.04 Å². The van der Waals surface area contributed by atoms with Gasteiger partial charge in [-0.1, -0.05) is 78.9 Å². The lowest BCUT2D eigenvalue weighted by molar-refractivity contribution is -0.157. The first-order valence-electron chi connectivity index (χ1n) is 12.5. The zero-order valence-corrected chi connectivity index (χ0v) is 22.2. The van der Waals surface area contributed by atoms with Crippen LogP contribution in [-0.4, -0.2) is 35.0 Å². The van der Waals surface area contributed by atoms with Crippen molar-refractivity contribution >= 4 is 17.8 Å². The van der Waals surface area contributed by atoms with Crippen molar-refractivity contribution in [3.8, 4) is 11.1 Å². The van der Waals surface area contributed by atoms with Crippen LogP contribution in [0.3, 0.4) is 0 Å².